The number of nitrogens with one attached hydrogen (secondary N) is 1. The summed E-state index contributed by atoms with van der Waals surface area (Å²) in [5.41, 5.74) is 3.28. The van der Waals surface area contributed by atoms with Gasteiger partial charge in [0.15, 0.2) is 0 Å². The number of hydrogen-bond donors (Lipinski definition) is 1. The predicted octanol–water partition coefficient (Wildman–Crippen LogP) is 3.61. The van der Waals surface area contributed by atoms with Gasteiger partial charge in [-0.25, -0.2) is 8.42 Å². The van der Waals surface area contributed by atoms with Crippen LogP contribution < -0.4 is 14.4 Å². The van der Waals surface area contributed by atoms with E-state index in [0.717, 1.165) is 27.4 Å². The third kappa shape index (κ3) is 6.37. The number of benzene rings is 2. The molecule has 2 rings (SSSR count). The highest BCUT2D eigenvalue weighted by molar-refractivity contribution is 7.92. The number of carbonyl (C=O) groups is 1. The lowest BCUT2D eigenvalue weighted by Gasteiger charge is -2.29. The Balaban J connectivity index is 2.05. The van der Waals surface area contributed by atoms with E-state index in [-0.39, 0.29) is 13.2 Å². The highest BCUT2D eigenvalue weighted by Gasteiger charge is 2.30. The average molecular weight is 439 g/mol. The van der Waals surface area contributed by atoms with E-state index in [1.807, 2.05) is 32.0 Å². The zero-order valence-electron chi connectivity index (χ0n) is 17.3. The molecule has 0 saturated heterocycles. The lowest BCUT2D eigenvalue weighted by molar-refractivity contribution is -0.121. The molecule has 0 fully saturated rings. The van der Waals surface area contributed by atoms with Crippen molar-refractivity contribution < 1.29 is 17.9 Å². The van der Waals surface area contributed by atoms with Crippen molar-refractivity contribution >= 4 is 33.2 Å². The normalized spacial score (nSPS) is 12.3. The first-order chi connectivity index (χ1) is 13.5. The average Bonchev–Trinajstić information content (AvgIpc) is 2.59. The Hall–Kier alpha value is -2.25. The number of ether oxygens (including phenoxy) is 1. The SMILES string of the molecule is Cc1cc(C)cc(OCCNC(=O)[C@@H](C)N(c2cc(Cl)ccc2C)S(C)(=O)=O)c1. The molecule has 0 aliphatic carbocycles. The van der Waals surface area contributed by atoms with Crippen LogP contribution in [0.3, 0.4) is 0 Å². The number of sulfonamides is 1. The number of nitrogens with zero attached hydrogens (tertiary/aromatic N) is 1. The van der Waals surface area contributed by atoms with Gasteiger partial charge in [0.1, 0.15) is 18.4 Å². The highest BCUT2D eigenvalue weighted by Crippen LogP contribution is 2.28. The molecule has 0 aliphatic rings. The third-order valence-electron chi connectivity index (χ3n) is 4.36. The maximum Gasteiger partial charge on any atom is 0.243 e. The van der Waals surface area contributed by atoms with Crippen LogP contribution in [0.1, 0.15) is 23.6 Å². The second kappa shape index (κ2) is 9.50. The van der Waals surface area contributed by atoms with Crippen molar-refractivity contribution in [2.45, 2.75) is 33.7 Å². The smallest absolute Gasteiger partial charge is 0.243 e. The van der Waals surface area contributed by atoms with Gasteiger partial charge in [0.2, 0.25) is 15.9 Å². The molecular weight excluding hydrogens is 412 g/mol. The van der Waals surface area contributed by atoms with Gasteiger partial charge in [0.25, 0.3) is 0 Å². The fourth-order valence-corrected chi connectivity index (χ4v) is 4.50. The van der Waals surface area contributed by atoms with Gasteiger partial charge in [-0.15, -0.1) is 0 Å². The molecule has 29 heavy (non-hydrogen) atoms. The summed E-state index contributed by atoms with van der Waals surface area (Å²) in [6.07, 6.45) is 1.07. The van der Waals surface area contributed by atoms with Gasteiger partial charge in [0.05, 0.1) is 18.5 Å². The molecular formula is C21H27ClN2O4S. The van der Waals surface area contributed by atoms with E-state index in [1.165, 1.54) is 0 Å². The van der Waals surface area contributed by atoms with Crippen LogP contribution in [0.25, 0.3) is 0 Å². The number of rotatable bonds is 8. The van der Waals surface area contributed by atoms with Crippen LogP contribution in [0.5, 0.6) is 5.75 Å². The molecule has 0 heterocycles. The first-order valence-corrected chi connectivity index (χ1v) is 11.5. The number of hydrogen-bond acceptors (Lipinski definition) is 4. The van der Waals surface area contributed by atoms with Gasteiger partial charge >= 0.3 is 0 Å². The van der Waals surface area contributed by atoms with E-state index in [1.54, 1.807) is 32.0 Å². The minimum absolute atomic E-state index is 0.252. The number of carbonyl (C=O) groups excluding carboxylic acids is 1. The lowest BCUT2D eigenvalue weighted by atomic mass is 10.1. The molecule has 1 amide bonds. The Bertz CT molecular complexity index is 972. The van der Waals surface area contributed by atoms with E-state index >= 15 is 0 Å². The van der Waals surface area contributed by atoms with Crippen molar-refractivity contribution in [3.8, 4) is 5.75 Å². The summed E-state index contributed by atoms with van der Waals surface area (Å²) in [6, 6.07) is 9.89. The third-order valence-corrected chi connectivity index (χ3v) is 5.82. The monoisotopic (exact) mass is 438 g/mol. The molecule has 0 radical (unpaired) electrons. The van der Waals surface area contributed by atoms with Gasteiger partial charge in [-0.05, 0) is 68.7 Å². The quantitative estimate of drug-likeness (QED) is 0.639. The van der Waals surface area contributed by atoms with Crippen molar-refractivity contribution in [3.63, 3.8) is 0 Å². The van der Waals surface area contributed by atoms with E-state index < -0.39 is 22.0 Å². The maximum atomic E-state index is 12.6. The van der Waals surface area contributed by atoms with Crippen molar-refractivity contribution in [2.75, 3.05) is 23.7 Å². The molecule has 1 N–H and O–H groups in total. The summed E-state index contributed by atoms with van der Waals surface area (Å²) in [4.78, 5) is 12.6. The Morgan fingerprint density at radius 1 is 1.14 bits per heavy atom. The first-order valence-electron chi connectivity index (χ1n) is 9.23. The van der Waals surface area contributed by atoms with Crippen LogP contribution in [-0.2, 0) is 14.8 Å². The van der Waals surface area contributed by atoms with Crippen LogP contribution in [-0.4, -0.2) is 39.8 Å². The van der Waals surface area contributed by atoms with Crippen LogP contribution in [0, 0.1) is 20.8 Å². The zero-order valence-corrected chi connectivity index (χ0v) is 18.9. The Labute approximate surface area is 177 Å². The van der Waals surface area contributed by atoms with Crippen molar-refractivity contribution in [1.82, 2.24) is 5.32 Å². The molecule has 1 atom stereocenters. The molecule has 0 bridgehead atoms. The summed E-state index contributed by atoms with van der Waals surface area (Å²) < 4.78 is 31.6. The van der Waals surface area contributed by atoms with Crippen molar-refractivity contribution in [3.05, 3.63) is 58.1 Å². The molecule has 2 aromatic carbocycles. The summed E-state index contributed by atoms with van der Waals surface area (Å²) >= 11 is 6.04. The zero-order chi connectivity index (χ0) is 21.8. The number of amides is 1. The largest absolute Gasteiger partial charge is 0.492 e. The van der Waals surface area contributed by atoms with E-state index in [9.17, 15) is 13.2 Å². The molecule has 0 saturated carbocycles. The van der Waals surface area contributed by atoms with Gasteiger partial charge in [0, 0.05) is 5.02 Å². The topological polar surface area (TPSA) is 75.7 Å². The standard InChI is InChI=1S/C21H27ClN2O4S/c1-14-10-15(2)12-19(11-14)28-9-8-23-21(25)17(4)24(29(5,26)27)20-13-18(22)7-6-16(20)3/h6-7,10-13,17H,8-9H2,1-5H3,(H,23,25)/t17-/m1/s1. The Kier molecular flexibility index (Phi) is 7.54. The van der Waals surface area contributed by atoms with Gasteiger partial charge < -0.3 is 10.1 Å². The number of halogens is 1. The van der Waals surface area contributed by atoms with E-state index in [4.69, 9.17) is 16.3 Å². The molecule has 6 nitrogen and oxygen atoms in total. The summed E-state index contributed by atoms with van der Waals surface area (Å²) in [5, 5.41) is 3.13. The van der Waals surface area contributed by atoms with E-state index in [0.29, 0.717) is 16.3 Å². The molecule has 0 aliphatic heterocycles. The molecule has 158 valence electrons. The van der Waals surface area contributed by atoms with Crippen LogP contribution in [0.4, 0.5) is 5.69 Å². The highest BCUT2D eigenvalue weighted by atomic mass is 35.5. The fraction of sp³-hybridized carbons (Fsp3) is 0.381. The van der Waals surface area contributed by atoms with Crippen LogP contribution >= 0.6 is 11.6 Å². The van der Waals surface area contributed by atoms with Crippen molar-refractivity contribution in [2.24, 2.45) is 0 Å². The molecule has 0 aromatic heterocycles. The molecule has 0 spiro atoms. The van der Waals surface area contributed by atoms with Crippen molar-refractivity contribution in [1.29, 1.82) is 0 Å². The fourth-order valence-electron chi connectivity index (χ4n) is 3.11. The minimum atomic E-state index is -3.70. The molecule has 8 heteroatoms. The minimum Gasteiger partial charge on any atom is -0.492 e. The van der Waals surface area contributed by atoms with Gasteiger partial charge in [-0.3, -0.25) is 9.10 Å². The van der Waals surface area contributed by atoms with Gasteiger partial charge in [-0.2, -0.15) is 0 Å². The number of aryl methyl sites for hydroxylation is 3. The predicted molar refractivity (Wildman–Crippen MR) is 117 cm³/mol. The second-order valence-electron chi connectivity index (χ2n) is 7.13. The van der Waals surface area contributed by atoms with Crippen LogP contribution in [0.2, 0.25) is 5.02 Å². The van der Waals surface area contributed by atoms with Gasteiger partial charge in [-0.1, -0.05) is 23.7 Å². The van der Waals surface area contributed by atoms with E-state index in [2.05, 4.69) is 5.32 Å². The summed E-state index contributed by atoms with van der Waals surface area (Å²) in [5.74, 6) is 0.316. The lowest BCUT2D eigenvalue weighted by Crippen LogP contribution is -2.48. The summed E-state index contributed by atoms with van der Waals surface area (Å²) in [6.45, 7) is 7.81. The Morgan fingerprint density at radius 2 is 1.76 bits per heavy atom. The first kappa shape index (κ1) is 23.0. The molecule has 0 unspecified atom stereocenters. The second-order valence-corrected chi connectivity index (χ2v) is 9.42. The molecule has 2 aromatic rings. The Morgan fingerprint density at radius 3 is 2.34 bits per heavy atom. The van der Waals surface area contributed by atoms with Crippen LogP contribution in [0.15, 0.2) is 36.4 Å². The summed E-state index contributed by atoms with van der Waals surface area (Å²) in [7, 11) is -3.70. The maximum absolute atomic E-state index is 12.6. The number of anilines is 1.